The second-order valence-corrected chi connectivity index (χ2v) is 7.84. The van der Waals surface area contributed by atoms with E-state index in [1.54, 1.807) is 31.2 Å². The average Bonchev–Trinajstić information content (AvgIpc) is 2.66. The Morgan fingerprint density at radius 1 is 1.14 bits per heavy atom. The number of aromatic hydroxyl groups is 1. The summed E-state index contributed by atoms with van der Waals surface area (Å²) in [7, 11) is -4.12. The van der Waals surface area contributed by atoms with Crippen LogP contribution in [0.2, 0.25) is 0 Å². The minimum atomic E-state index is -4.12. The summed E-state index contributed by atoms with van der Waals surface area (Å²) in [6.45, 7) is 3.07. The highest BCUT2D eigenvalue weighted by molar-refractivity contribution is 7.89. The number of phenols is 1. The highest BCUT2D eigenvalue weighted by atomic mass is 32.2. The number of hydrogen-bond acceptors (Lipinski definition) is 6. The largest absolute Gasteiger partial charge is 0.507 e. The molecule has 0 fully saturated rings. The smallest absolute Gasteiger partial charge is 0.276 e. The fourth-order valence-electron chi connectivity index (χ4n) is 2.74. The molecule has 0 atom stereocenters. The maximum absolute atomic E-state index is 12.4. The van der Waals surface area contributed by atoms with E-state index >= 15 is 0 Å². The molecule has 0 radical (unpaired) electrons. The first kappa shape index (κ1) is 19.3. The van der Waals surface area contributed by atoms with Gasteiger partial charge in [-0.15, -0.1) is 0 Å². The van der Waals surface area contributed by atoms with Crippen molar-refractivity contribution in [2.75, 3.05) is 0 Å². The number of sulfonamides is 1. The van der Waals surface area contributed by atoms with E-state index in [0.717, 1.165) is 11.5 Å². The van der Waals surface area contributed by atoms with E-state index in [1.165, 1.54) is 19.1 Å². The summed E-state index contributed by atoms with van der Waals surface area (Å²) in [6.07, 6.45) is 0. The molecule has 28 heavy (non-hydrogen) atoms. The average molecular weight is 399 g/mol. The third-order valence-corrected chi connectivity index (χ3v) is 5.52. The minimum absolute atomic E-state index is 0.00970. The Bertz CT molecular complexity index is 1220. The molecular weight excluding hydrogens is 382 g/mol. The molecule has 0 saturated carbocycles. The molecule has 2 N–H and O–H groups in total. The number of hydrogen-bond donors (Lipinski definition) is 2. The number of aryl methyl sites for hydroxylation is 1. The van der Waals surface area contributed by atoms with Gasteiger partial charge in [0.1, 0.15) is 5.75 Å². The molecule has 0 heterocycles. The standard InChI is InChI=1S/C19H17N3O5S/c1-12-7-9-15(11-18(12)22(24)25)28(26,27)21-20-13(2)16-10-8-14-5-3-4-6-17(14)19(16)23/h3-11,21,23H,1-2H3. The second-order valence-electron chi connectivity index (χ2n) is 6.18. The van der Waals surface area contributed by atoms with E-state index < -0.39 is 14.9 Å². The maximum atomic E-state index is 12.4. The number of nitro benzene ring substituents is 1. The summed E-state index contributed by atoms with van der Waals surface area (Å²) in [4.78, 5) is 12.2. The van der Waals surface area contributed by atoms with Crippen molar-refractivity contribution in [2.45, 2.75) is 18.7 Å². The first-order valence-electron chi connectivity index (χ1n) is 8.23. The molecule has 3 rings (SSSR count). The molecule has 8 nitrogen and oxygen atoms in total. The lowest BCUT2D eigenvalue weighted by molar-refractivity contribution is -0.385. The predicted octanol–water partition coefficient (Wildman–Crippen LogP) is 3.46. The van der Waals surface area contributed by atoms with Gasteiger partial charge in [-0.25, -0.2) is 0 Å². The van der Waals surface area contributed by atoms with Crippen LogP contribution in [0.25, 0.3) is 10.8 Å². The molecule has 0 aliphatic heterocycles. The normalized spacial score (nSPS) is 12.1. The van der Waals surface area contributed by atoms with Crippen molar-refractivity contribution in [3.63, 3.8) is 0 Å². The van der Waals surface area contributed by atoms with Gasteiger partial charge in [0, 0.05) is 22.6 Å². The van der Waals surface area contributed by atoms with Crippen molar-refractivity contribution in [3.8, 4) is 5.75 Å². The number of phenolic OH excluding ortho intramolecular Hbond substituents is 1. The zero-order valence-electron chi connectivity index (χ0n) is 15.1. The van der Waals surface area contributed by atoms with Gasteiger partial charge in [-0.3, -0.25) is 10.1 Å². The maximum Gasteiger partial charge on any atom is 0.276 e. The quantitative estimate of drug-likeness (QED) is 0.386. The Labute approximate surface area is 161 Å². The lowest BCUT2D eigenvalue weighted by atomic mass is 10.0. The third-order valence-electron chi connectivity index (χ3n) is 4.31. The molecule has 9 heteroatoms. The van der Waals surface area contributed by atoms with Crippen LogP contribution in [0, 0.1) is 17.0 Å². The van der Waals surface area contributed by atoms with Gasteiger partial charge in [-0.05, 0) is 31.4 Å². The van der Waals surface area contributed by atoms with E-state index in [1.807, 2.05) is 12.1 Å². The summed E-state index contributed by atoms with van der Waals surface area (Å²) in [5.74, 6) is -0.00970. The van der Waals surface area contributed by atoms with Crippen molar-refractivity contribution in [3.05, 3.63) is 75.8 Å². The summed E-state index contributed by atoms with van der Waals surface area (Å²) in [5.41, 5.74) is 0.671. The summed E-state index contributed by atoms with van der Waals surface area (Å²) in [6, 6.07) is 14.3. The van der Waals surface area contributed by atoms with Crippen LogP contribution in [-0.2, 0) is 10.0 Å². The van der Waals surface area contributed by atoms with Crippen molar-refractivity contribution < 1.29 is 18.4 Å². The minimum Gasteiger partial charge on any atom is -0.507 e. The number of hydrazone groups is 1. The number of fused-ring (bicyclic) bond motifs is 1. The molecule has 0 aliphatic rings. The van der Waals surface area contributed by atoms with Gasteiger partial charge in [-0.1, -0.05) is 36.4 Å². The Hall–Kier alpha value is -3.46. The van der Waals surface area contributed by atoms with Gasteiger partial charge in [-0.2, -0.15) is 18.4 Å². The monoisotopic (exact) mass is 399 g/mol. The summed E-state index contributed by atoms with van der Waals surface area (Å²) >= 11 is 0. The molecule has 0 amide bonds. The topological polar surface area (TPSA) is 122 Å². The van der Waals surface area contributed by atoms with Gasteiger partial charge < -0.3 is 5.11 Å². The van der Waals surface area contributed by atoms with Gasteiger partial charge in [0.2, 0.25) is 0 Å². The molecule has 0 spiro atoms. The molecule has 0 saturated heterocycles. The fraction of sp³-hybridized carbons (Fsp3) is 0.105. The zero-order valence-corrected chi connectivity index (χ0v) is 15.9. The van der Waals surface area contributed by atoms with Gasteiger partial charge in [0.15, 0.2) is 0 Å². The highest BCUT2D eigenvalue weighted by Crippen LogP contribution is 2.29. The molecule has 0 bridgehead atoms. The first-order valence-corrected chi connectivity index (χ1v) is 9.71. The van der Waals surface area contributed by atoms with Crippen molar-refractivity contribution in [1.29, 1.82) is 0 Å². The summed E-state index contributed by atoms with van der Waals surface area (Å²) in [5, 5.41) is 26.8. The van der Waals surface area contributed by atoms with E-state index in [0.29, 0.717) is 16.5 Å². The van der Waals surface area contributed by atoms with Crippen LogP contribution < -0.4 is 4.83 Å². The molecule has 3 aromatic carbocycles. The second kappa shape index (κ2) is 7.28. The van der Waals surface area contributed by atoms with Crippen LogP contribution in [0.3, 0.4) is 0 Å². The number of nitrogens with zero attached hydrogens (tertiary/aromatic N) is 2. The van der Waals surface area contributed by atoms with Gasteiger partial charge in [0.25, 0.3) is 15.7 Å². The first-order chi connectivity index (χ1) is 13.2. The Morgan fingerprint density at radius 3 is 2.57 bits per heavy atom. The lowest BCUT2D eigenvalue weighted by Crippen LogP contribution is -2.20. The van der Waals surface area contributed by atoms with Crippen LogP contribution in [0.15, 0.2) is 64.6 Å². The van der Waals surface area contributed by atoms with E-state index in [9.17, 15) is 23.6 Å². The number of benzene rings is 3. The fourth-order valence-corrected chi connectivity index (χ4v) is 3.62. The number of nitrogens with one attached hydrogen (secondary N) is 1. The zero-order chi connectivity index (χ0) is 20.5. The lowest BCUT2D eigenvalue weighted by Gasteiger charge is -2.09. The molecular formula is C19H17N3O5S. The number of nitro groups is 1. The predicted molar refractivity (Wildman–Crippen MR) is 106 cm³/mol. The summed E-state index contributed by atoms with van der Waals surface area (Å²) < 4.78 is 24.9. The molecule has 144 valence electrons. The number of rotatable bonds is 5. The third kappa shape index (κ3) is 3.65. The van der Waals surface area contributed by atoms with Gasteiger partial charge >= 0.3 is 0 Å². The molecule has 3 aromatic rings. The van der Waals surface area contributed by atoms with E-state index in [4.69, 9.17) is 0 Å². The Balaban J connectivity index is 1.94. The van der Waals surface area contributed by atoms with Crippen LogP contribution >= 0.6 is 0 Å². The van der Waals surface area contributed by atoms with Crippen molar-refractivity contribution in [2.24, 2.45) is 5.10 Å². The molecule has 0 unspecified atom stereocenters. The SMILES string of the molecule is CC(=NNS(=O)(=O)c1ccc(C)c([N+](=O)[O-])c1)c1ccc2ccccc2c1O. The highest BCUT2D eigenvalue weighted by Gasteiger charge is 2.19. The van der Waals surface area contributed by atoms with Crippen LogP contribution in [0.4, 0.5) is 5.69 Å². The van der Waals surface area contributed by atoms with E-state index in [-0.39, 0.29) is 22.0 Å². The van der Waals surface area contributed by atoms with E-state index in [2.05, 4.69) is 9.93 Å². The van der Waals surface area contributed by atoms with Crippen LogP contribution in [0.5, 0.6) is 5.75 Å². The van der Waals surface area contributed by atoms with Gasteiger partial charge in [0.05, 0.1) is 15.5 Å². The van der Waals surface area contributed by atoms with Crippen LogP contribution in [0.1, 0.15) is 18.1 Å². The Kier molecular flexibility index (Phi) is 5.02. The molecule has 0 aromatic heterocycles. The van der Waals surface area contributed by atoms with Crippen LogP contribution in [-0.4, -0.2) is 24.2 Å². The Morgan fingerprint density at radius 2 is 1.86 bits per heavy atom. The van der Waals surface area contributed by atoms with Crippen molar-refractivity contribution in [1.82, 2.24) is 4.83 Å². The molecule has 0 aliphatic carbocycles. The van der Waals surface area contributed by atoms with Crippen molar-refractivity contribution >= 4 is 32.2 Å².